The summed E-state index contributed by atoms with van der Waals surface area (Å²) >= 11 is 0. The number of nitrogens with zero attached hydrogens (tertiary/aromatic N) is 3. The predicted molar refractivity (Wildman–Crippen MR) is 126 cm³/mol. The monoisotopic (exact) mass is 436 g/mol. The highest BCUT2D eigenvalue weighted by molar-refractivity contribution is 5.76. The van der Waals surface area contributed by atoms with Gasteiger partial charge in [-0.15, -0.1) is 0 Å². The van der Waals surface area contributed by atoms with Gasteiger partial charge in [0.25, 0.3) is 0 Å². The number of urea groups is 1. The number of carbonyl (C=O) groups is 1. The van der Waals surface area contributed by atoms with Gasteiger partial charge in [-0.05, 0) is 73.7 Å². The van der Waals surface area contributed by atoms with E-state index < -0.39 is 0 Å². The fraction of sp³-hybridized carbons (Fsp3) is 0.500. The Bertz CT molecular complexity index is 949. The molecule has 1 atom stereocenters. The lowest BCUT2D eigenvalue weighted by atomic mass is 9.71. The number of rotatable bonds is 4. The van der Waals surface area contributed by atoms with Crippen molar-refractivity contribution in [1.29, 1.82) is 0 Å². The summed E-state index contributed by atoms with van der Waals surface area (Å²) < 4.78 is 13.3. The third-order valence-corrected chi connectivity index (χ3v) is 7.82. The number of piperidine rings is 3. The number of piperazine rings is 1. The van der Waals surface area contributed by atoms with Crippen LogP contribution in [0.4, 0.5) is 14.9 Å². The summed E-state index contributed by atoms with van der Waals surface area (Å²) in [6, 6.07) is 15.1. The van der Waals surface area contributed by atoms with Crippen molar-refractivity contribution >= 4 is 11.7 Å². The average Bonchev–Trinajstić information content (AvgIpc) is 2.85. The molecule has 0 aromatic heterocycles. The number of halogens is 1. The normalized spacial score (nSPS) is 27.4. The molecule has 0 radical (unpaired) electrons. The predicted octanol–water partition coefficient (Wildman–Crippen LogP) is 4.20. The maximum atomic E-state index is 13.3. The van der Waals surface area contributed by atoms with Gasteiger partial charge in [-0.3, -0.25) is 0 Å². The Hall–Kier alpha value is -2.60. The van der Waals surface area contributed by atoms with Crippen LogP contribution < -0.4 is 10.2 Å². The van der Waals surface area contributed by atoms with Crippen molar-refractivity contribution in [2.75, 3.05) is 50.7 Å². The Kier molecular flexibility index (Phi) is 5.80. The van der Waals surface area contributed by atoms with E-state index >= 15 is 0 Å². The minimum Gasteiger partial charge on any atom is -0.368 e. The van der Waals surface area contributed by atoms with Gasteiger partial charge >= 0.3 is 6.03 Å². The second-order valence-corrected chi connectivity index (χ2v) is 9.52. The van der Waals surface area contributed by atoms with Crippen LogP contribution >= 0.6 is 0 Å². The molecule has 6 rings (SSSR count). The molecule has 4 aliphatic rings. The number of amides is 2. The Morgan fingerprint density at radius 2 is 1.72 bits per heavy atom. The molecule has 5 nitrogen and oxygen atoms in total. The molecule has 4 heterocycles. The van der Waals surface area contributed by atoms with E-state index in [0.29, 0.717) is 5.92 Å². The van der Waals surface area contributed by atoms with Gasteiger partial charge in [0.2, 0.25) is 0 Å². The van der Waals surface area contributed by atoms with Gasteiger partial charge < -0.3 is 20.0 Å². The van der Waals surface area contributed by atoms with Crippen LogP contribution in [0.3, 0.4) is 0 Å². The fourth-order valence-corrected chi connectivity index (χ4v) is 5.79. The summed E-state index contributed by atoms with van der Waals surface area (Å²) in [5.41, 5.74) is 3.17. The van der Waals surface area contributed by atoms with E-state index in [1.807, 2.05) is 23.1 Å². The summed E-state index contributed by atoms with van der Waals surface area (Å²) in [4.78, 5) is 20.0. The first-order valence-corrected chi connectivity index (χ1v) is 12.0. The molecule has 1 unspecified atom stereocenters. The summed E-state index contributed by atoms with van der Waals surface area (Å²) in [5, 5.41) is 3.47. The van der Waals surface area contributed by atoms with E-state index in [0.717, 1.165) is 56.0 Å². The third-order valence-electron chi connectivity index (χ3n) is 7.82. The van der Waals surface area contributed by atoms with Crippen LogP contribution in [0, 0.1) is 11.7 Å². The number of hydrogen-bond acceptors (Lipinski definition) is 3. The van der Waals surface area contributed by atoms with E-state index in [1.165, 1.54) is 38.1 Å². The van der Waals surface area contributed by atoms with Crippen LogP contribution in [0.5, 0.6) is 0 Å². The van der Waals surface area contributed by atoms with Crippen LogP contribution in [0.25, 0.3) is 11.1 Å². The summed E-state index contributed by atoms with van der Waals surface area (Å²) in [7, 11) is 0. The van der Waals surface area contributed by atoms with Gasteiger partial charge in [-0.25, -0.2) is 9.18 Å². The molecule has 0 aliphatic carbocycles. The molecular weight excluding hydrogens is 403 g/mol. The quantitative estimate of drug-likeness (QED) is 0.781. The lowest BCUT2D eigenvalue weighted by Crippen LogP contribution is -2.68. The zero-order valence-electron chi connectivity index (χ0n) is 18.9. The Morgan fingerprint density at radius 3 is 2.34 bits per heavy atom. The number of carbonyl (C=O) groups excluding carboxylic acids is 1. The number of benzene rings is 2. The van der Waals surface area contributed by atoms with E-state index in [2.05, 4.69) is 40.2 Å². The van der Waals surface area contributed by atoms with Crippen molar-refractivity contribution < 1.29 is 9.18 Å². The lowest BCUT2D eigenvalue weighted by molar-refractivity contribution is 0.00736. The number of hydrogen-bond donors (Lipinski definition) is 1. The Labute approximate surface area is 190 Å². The van der Waals surface area contributed by atoms with Crippen molar-refractivity contribution in [3.63, 3.8) is 0 Å². The zero-order chi connectivity index (χ0) is 22.1. The minimum absolute atomic E-state index is 0.0613. The summed E-state index contributed by atoms with van der Waals surface area (Å²) in [6.45, 7) is 8.64. The minimum atomic E-state index is -0.220. The molecular formula is C26H33FN4O. The van der Waals surface area contributed by atoms with Crippen LogP contribution in [-0.4, -0.2) is 67.2 Å². The van der Waals surface area contributed by atoms with Crippen molar-refractivity contribution in [3.05, 3.63) is 54.3 Å². The molecule has 4 saturated heterocycles. The summed E-state index contributed by atoms with van der Waals surface area (Å²) in [5.74, 6) is 0.388. The number of anilines is 1. The Morgan fingerprint density at radius 1 is 1.00 bits per heavy atom. The molecule has 0 saturated carbocycles. The maximum Gasteiger partial charge on any atom is 0.318 e. The highest BCUT2D eigenvalue weighted by Crippen LogP contribution is 2.38. The van der Waals surface area contributed by atoms with Crippen molar-refractivity contribution in [1.82, 2.24) is 15.1 Å². The highest BCUT2D eigenvalue weighted by atomic mass is 19.1. The molecule has 4 fully saturated rings. The molecule has 170 valence electrons. The van der Waals surface area contributed by atoms with Crippen LogP contribution in [0.15, 0.2) is 48.5 Å². The molecule has 6 heteroatoms. The molecule has 4 aliphatic heterocycles. The molecule has 2 bridgehead atoms. The lowest BCUT2D eigenvalue weighted by Gasteiger charge is -2.54. The van der Waals surface area contributed by atoms with Gasteiger partial charge in [0, 0.05) is 38.4 Å². The molecule has 1 N–H and O–H groups in total. The SMILES string of the molecule is CCC1(NC(=O)N2CCN(c3cccc(-c4ccc(F)cc4)c3)CC2)CN2CCC1CC2. The molecule has 2 amide bonds. The molecule has 0 spiro atoms. The van der Waals surface area contributed by atoms with Crippen molar-refractivity contribution in [2.24, 2.45) is 5.92 Å². The smallest absolute Gasteiger partial charge is 0.318 e. The Balaban J connectivity index is 1.21. The topological polar surface area (TPSA) is 38.8 Å². The first-order valence-electron chi connectivity index (χ1n) is 12.0. The van der Waals surface area contributed by atoms with Crippen LogP contribution in [0.1, 0.15) is 26.2 Å². The maximum absolute atomic E-state index is 13.3. The largest absolute Gasteiger partial charge is 0.368 e. The average molecular weight is 437 g/mol. The zero-order valence-corrected chi connectivity index (χ0v) is 18.9. The standard InChI is InChI=1S/C26H33FN4O/c1-2-26(19-29-12-10-22(26)11-13-29)28-25(32)31-16-14-30(15-17-31)24-5-3-4-21(18-24)20-6-8-23(27)9-7-20/h3-9,18,22H,2,10-17,19H2,1H3,(H,28,32). The van der Waals surface area contributed by atoms with Crippen molar-refractivity contribution in [3.8, 4) is 11.1 Å². The first-order chi connectivity index (χ1) is 15.6. The van der Waals surface area contributed by atoms with E-state index in [1.54, 1.807) is 0 Å². The van der Waals surface area contributed by atoms with E-state index in [-0.39, 0.29) is 17.4 Å². The number of nitrogens with one attached hydrogen (secondary N) is 1. The van der Waals surface area contributed by atoms with Gasteiger partial charge in [0.15, 0.2) is 0 Å². The van der Waals surface area contributed by atoms with Crippen LogP contribution in [0.2, 0.25) is 0 Å². The first kappa shape index (κ1) is 21.3. The molecule has 2 aromatic carbocycles. The third kappa shape index (κ3) is 4.08. The van der Waals surface area contributed by atoms with E-state index in [9.17, 15) is 9.18 Å². The fourth-order valence-electron chi connectivity index (χ4n) is 5.79. The van der Waals surface area contributed by atoms with E-state index in [4.69, 9.17) is 0 Å². The second-order valence-electron chi connectivity index (χ2n) is 9.52. The van der Waals surface area contributed by atoms with Crippen LogP contribution in [-0.2, 0) is 0 Å². The second kappa shape index (κ2) is 8.74. The molecule has 2 aromatic rings. The summed E-state index contributed by atoms with van der Waals surface area (Å²) in [6.07, 6.45) is 3.40. The van der Waals surface area contributed by atoms with Gasteiger partial charge in [0.1, 0.15) is 5.82 Å². The highest BCUT2D eigenvalue weighted by Gasteiger charge is 2.46. The molecule has 32 heavy (non-hydrogen) atoms. The van der Waals surface area contributed by atoms with Gasteiger partial charge in [-0.2, -0.15) is 0 Å². The van der Waals surface area contributed by atoms with Gasteiger partial charge in [-0.1, -0.05) is 31.2 Å². The van der Waals surface area contributed by atoms with Crippen molar-refractivity contribution in [2.45, 2.75) is 31.7 Å². The van der Waals surface area contributed by atoms with Gasteiger partial charge in [0.05, 0.1) is 5.54 Å². The number of fused-ring (bicyclic) bond motifs is 3.